The molecule has 0 radical (unpaired) electrons. The lowest BCUT2D eigenvalue weighted by Gasteiger charge is -2.42. The highest BCUT2D eigenvalue weighted by atomic mass is 35.5. The molecule has 1 aromatic rings. The quantitative estimate of drug-likeness (QED) is 0.830. The second-order valence-electron chi connectivity index (χ2n) is 5.50. The first-order valence-electron chi connectivity index (χ1n) is 6.29. The Morgan fingerprint density at radius 1 is 1.18 bits per heavy atom. The standard InChI is InChI=1S/C14H18ClNO/c1-16-12-6-7-13(16)9-14(17,8-12)10-2-4-11(15)5-3-10/h2-5,12-13,17H,6-9H2,1H3/t12-,13-/m1/s1. The number of halogens is 1. The lowest BCUT2D eigenvalue weighted by molar-refractivity contribution is -0.0493. The molecule has 2 nitrogen and oxygen atoms in total. The number of hydrogen-bond acceptors (Lipinski definition) is 2. The summed E-state index contributed by atoms with van der Waals surface area (Å²) in [5.74, 6) is 0. The second-order valence-corrected chi connectivity index (χ2v) is 5.93. The van der Waals surface area contributed by atoms with Crippen LogP contribution in [0.4, 0.5) is 0 Å². The van der Waals surface area contributed by atoms with Gasteiger partial charge in [0.1, 0.15) is 0 Å². The maximum absolute atomic E-state index is 10.9. The Morgan fingerprint density at radius 3 is 2.24 bits per heavy atom. The first-order chi connectivity index (χ1) is 8.08. The van der Waals surface area contributed by atoms with Gasteiger partial charge in [-0.2, -0.15) is 0 Å². The van der Waals surface area contributed by atoms with Crippen molar-refractivity contribution in [2.24, 2.45) is 0 Å². The fraction of sp³-hybridized carbons (Fsp3) is 0.571. The molecule has 1 aromatic carbocycles. The average Bonchev–Trinajstić information content (AvgIpc) is 2.53. The zero-order chi connectivity index (χ0) is 12.0. The molecule has 3 rings (SSSR count). The Labute approximate surface area is 107 Å². The zero-order valence-electron chi connectivity index (χ0n) is 10.1. The highest BCUT2D eigenvalue weighted by Crippen LogP contribution is 2.44. The van der Waals surface area contributed by atoms with Crippen LogP contribution in [0.25, 0.3) is 0 Å². The Morgan fingerprint density at radius 2 is 1.71 bits per heavy atom. The van der Waals surface area contributed by atoms with Crippen LogP contribution >= 0.6 is 11.6 Å². The van der Waals surface area contributed by atoms with Crippen LogP contribution < -0.4 is 0 Å². The number of nitrogens with zero attached hydrogens (tertiary/aromatic N) is 1. The summed E-state index contributed by atoms with van der Waals surface area (Å²) in [6.45, 7) is 0. The largest absolute Gasteiger partial charge is 0.385 e. The minimum Gasteiger partial charge on any atom is -0.385 e. The van der Waals surface area contributed by atoms with E-state index in [4.69, 9.17) is 11.6 Å². The summed E-state index contributed by atoms with van der Waals surface area (Å²) in [5, 5.41) is 11.6. The molecule has 2 heterocycles. The van der Waals surface area contributed by atoms with E-state index in [1.54, 1.807) is 0 Å². The predicted molar refractivity (Wildman–Crippen MR) is 69.2 cm³/mol. The van der Waals surface area contributed by atoms with Gasteiger partial charge in [0.05, 0.1) is 5.60 Å². The molecule has 2 saturated heterocycles. The van der Waals surface area contributed by atoms with Gasteiger partial charge in [0.15, 0.2) is 0 Å². The third kappa shape index (κ3) is 1.88. The van der Waals surface area contributed by atoms with Crippen LogP contribution in [-0.4, -0.2) is 29.1 Å². The average molecular weight is 252 g/mol. The van der Waals surface area contributed by atoms with Crippen molar-refractivity contribution in [3.63, 3.8) is 0 Å². The maximum atomic E-state index is 10.9. The molecule has 2 aliphatic heterocycles. The first kappa shape index (κ1) is 11.5. The second kappa shape index (κ2) is 3.98. The summed E-state index contributed by atoms with van der Waals surface area (Å²) in [6.07, 6.45) is 4.14. The molecule has 0 amide bonds. The van der Waals surface area contributed by atoms with Crippen LogP contribution in [0.2, 0.25) is 5.02 Å². The minimum absolute atomic E-state index is 0.537. The van der Waals surface area contributed by atoms with Gasteiger partial charge in [0, 0.05) is 17.1 Å². The van der Waals surface area contributed by atoms with Gasteiger partial charge in [-0.3, -0.25) is 0 Å². The van der Waals surface area contributed by atoms with Crippen molar-refractivity contribution in [3.05, 3.63) is 34.9 Å². The molecule has 2 aliphatic rings. The van der Waals surface area contributed by atoms with Gasteiger partial charge in [-0.25, -0.2) is 0 Å². The molecule has 2 bridgehead atoms. The van der Waals surface area contributed by atoms with Crippen molar-refractivity contribution in [2.75, 3.05) is 7.05 Å². The molecule has 0 saturated carbocycles. The third-order valence-electron chi connectivity index (χ3n) is 4.51. The van der Waals surface area contributed by atoms with Crippen molar-refractivity contribution in [1.29, 1.82) is 0 Å². The monoisotopic (exact) mass is 251 g/mol. The van der Waals surface area contributed by atoms with E-state index in [1.807, 2.05) is 24.3 Å². The molecule has 3 heteroatoms. The molecule has 1 N–H and O–H groups in total. The van der Waals surface area contributed by atoms with E-state index in [1.165, 1.54) is 12.8 Å². The van der Waals surface area contributed by atoms with Crippen LogP contribution in [-0.2, 0) is 5.60 Å². The molecule has 0 spiro atoms. The Bertz CT molecular complexity index is 403. The SMILES string of the molecule is CN1[C@@H]2CC[C@@H]1CC(O)(c1ccc(Cl)cc1)C2. The van der Waals surface area contributed by atoms with Crippen molar-refractivity contribution < 1.29 is 5.11 Å². The molecule has 92 valence electrons. The summed E-state index contributed by atoms with van der Waals surface area (Å²) in [6, 6.07) is 8.74. The molecule has 2 fully saturated rings. The molecule has 2 atom stereocenters. The van der Waals surface area contributed by atoms with E-state index in [0.717, 1.165) is 23.4 Å². The Kier molecular flexibility index (Phi) is 2.69. The van der Waals surface area contributed by atoms with Gasteiger partial charge in [0.2, 0.25) is 0 Å². The molecule has 17 heavy (non-hydrogen) atoms. The number of hydrogen-bond donors (Lipinski definition) is 1. The lowest BCUT2D eigenvalue weighted by Crippen LogP contribution is -2.47. The van der Waals surface area contributed by atoms with Crippen LogP contribution in [0.15, 0.2) is 24.3 Å². The number of aliphatic hydroxyl groups is 1. The van der Waals surface area contributed by atoms with Gasteiger partial charge in [0.25, 0.3) is 0 Å². The van der Waals surface area contributed by atoms with Gasteiger partial charge in [-0.15, -0.1) is 0 Å². The predicted octanol–water partition coefficient (Wildman–Crippen LogP) is 2.78. The van der Waals surface area contributed by atoms with Crippen molar-refractivity contribution in [1.82, 2.24) is 4.90 Å². The Hall–Kier alpha value is -0.570. The summed E-state index contributed by atoms with van der Waals surface area (Å²) in [5.41, 5.74) is 0.370. The maximum Gasteiger partial charge on any atom is 0.0926 e. The topological polar surface area (TPSA) is 23.5 Å². The number of fused-ring (bicyclic) bond motifs is 2. The fourth-order valence-electron chi connectivity index (χ4n) is 3.44. The lowest BCUT2D eigenvalue weighted by atomic mass is 9.81. The van der Waals surface area contributed by atoms with Crippen LogP contribution in [0.1, 0.15) is 31.2 Å². The van der Waals surface area contributed by atoms with E-state index < -0.39 is 5.60 Å². The summed E-state index contributed by atoms with van der Waals surface area (Å²) in [7, 11) is 2.18. The normalized spacial score (nSPS) is 37.4. The number of benzene rings is 1. The van der Waals surface area contributed by atoms with Crippen LogP contribution in [0.5, 0.6) is 0 Å². The highest BCUT2D eigenvalue weighted by molar-refractivity contribution is 6.30. The van der Waals surface area contributed by atoms with E-state index >= 15 is 0 Å². The summed E-state index contributed by atoms with van der Waals surface area (Å²) >= 11 is 5.90. The molecule has 0 aliphatic carbocycles. The zero-order valence-corrected chi connectivity index (χ0v) is 10.8. The molecular weight excluding hydrogens is 234 g/mol. The first-order valence-corrected chi connectivity index (χ1v) is 6.67. The molecule has 0 aromatic heterocycles. The fourth-order valence-corrected chi connectivity index (χ4v) is 3.57. The molecular formula is C14H18ClNO. The number of piperidine rings is 1. The third-order valence-corrected chi connectivity index (χ3v) is 4.77. The Balaban J connectivity index is 1.90. The van der Waals surface area contributed by atoms with Crippen molar-refractivity contribution in [2.45, 2.75) is 43.4 Å². The van der Waals surface area contributed by atoms with Crippen LogP contribution in [0.3, 0.4) is 0 Å². The molecule has 0 unspecified atom stereocenters. The van der Waals surface area contributed by atoms with E-state index in [0.29, 0.717) is 12.1 Å². The minimum atomic E-state index is -0.650. The van der Waals surface area contributed by atoms with Gasteiger partial charge in [-0.05, 0) is 50.4 Å². The van der Waals surface area contributed by atoms with E-state index in [2.05, 4.69) is 11.9 Å². The summed E-state index contributed by atoms with van der Waals surface area (Å²) < 4.78 is 0. The van der Waals surface area contributed by atoms with Gasteiger partial charge in [-0.1, -0.05) is 23.7 Å². The van der Waals surface area contributed by atoms with Crippen molar-refractivity contribution >= 4 is 11.6 Å². The summed E-state index contributed by atoms with van der Waals surface area (Å²) in [4.78, 5) is 2.43. The van der Waals surface area contributed by atoms with E-state index in [9.17, 15) is 5.11 Å². The number of rotatable bonds is 1. The van der Waals surface area contributed by atoms with Crippen LogP contribution in [0, 0.1) is 0 Å². The van der Waals surface area contributed by atoms with Gasteiger partial charge < -0.3 is 10.0 Å². The van der Waals surface area contributed by atoms with E-state index in [-0.39, 0.29) is 0 Å². The van der Waals surface area contributed by atoms with Gasteiger partial charge >= 0.3 is 0 Å². The van der Waals surface area contributed by atoms with Crippen molar-refractivity contribution in [3.8, 4) is 0 Å². The smallest absolute Gasteiger partial charge is 0.0926 e. The highest BCUT2D eigenvalue weighted by Gasteiger charge is 2.46.